The Morgan fingerprint density at radius 1 is 1.30 bits per heavy atom. The van der Waals surface area contributed by atoms with Crippen molar-refractivity contribution in [3.05, 3.63) is 48.0 Å². The topological polar surface area (TPSA) is 109 Å². The minimum atomic E-state index is -0.205. The molecule has 0 bridgehead atoms. The van der Waals surface area contributed by atoms with Crippen LogP contribution in [-0.2, 0) is 17.9 Å². The molecule has 0 unspecified atom stereocenters. The van der Waals surface area contributed by atoms with Crippen molar-refractivity contribution >= 4 is 17.7 Å². The second-order valence-corrected chi connectivity index (χ2v) is 6.51. The van der Waals surface area contributed by atoms with Crippen molar-refractivity contribution in [3.63, 3.8) is 0 Å². The van der Waals surface area contributed by atoms with Gasteiger partial charge in [0.25, 0.3) is 0 Å². The maximum absolute atomic E-state index is 11.4. The highest BCUT2D eigenvalue weighted by Crippen LogP contribution is 2.24. The van der Waals surface area contributed by atoms with Crippen molar-refractivity contribution in [2.75, 3.05) is 25.0 Å². The summed E-state index contributed by atoms with van der Waals surface area (Å²) in [7, 11) is 1.73. The number of furan rings is 1. The van der Waals surface area contributed by atoms with E-state index in [1.807, 2.05) is 18.2 Å². The van der Waals surface area contributed by atoms with Crippen molar-refractivity contribution < 1.29 is 9.21 Å². The largest absolute Gasteiger partial charge is 0.467 e. The van der Waals surface area contributed by atoms with Crippen LogP contribution >= 0.6 is 0 Å². The van der Waals surface area contributed by atoms with Crippen LogP contribution in [0.1, 0.15) is 24.2 Å². The van der Waals surface area contributed by atoms with Gasteiger partial charge in [-0.05, 0) is 31.0 Å². The van der Waals surface area contributed by atoms with E-state index in [2.05, 4.69) is 31.6 Å². The van der Waals surface area contributed by atoms with Gasteiger partial charge in [0, 0.05) is 44.4 Å². The van der Waals surface area contributed by atoms with Gasteiger partial charge in [0.2, 0.25) is 5.91 Å². The number of piperidine rings is 1. The predicted molar refractivity (Wildman–Crippen MR) is 104 cm³/mol. The van der Waals surface area contributed by atoms with Crippen molar-refractivity contribution in [2.45, 2.75) is 25.9 Å². The normalized spacial score (nSPS) is 15.6. The van der Waals surface area contributed by atoms with Crippen molar-refractivity contribution in [3.8, 4) is 0 Å². The summed E-state index contributed by atoms with van der Waals surface area (Å²) in [6.07, 6.45) is 4.98. The highest BCUT2D eigenvalue weighted by atomic mass is 16.3. The molecule has 144 valence electrons. The summed E-state index contributed by atoms with van der Waals surface area (Å²) in [6, 6.07) is 7.75. The lowest BCUT2D eigenvalue weighted by Crippen LogP contribution is -2.40. The minimum Gasteiger partial charge on any atom is -0.467 e. The zero-order valence-corrected chi connectivity index (χ0v) is 15.5. The fraction of sp³-hybridized carbons (Fsp3) is 0.421. The number of nitrogens with zero attached hydrogens (tertiary/aromatic N) is 3. The van der Waals surface area contributed by atoms with Crippen LogP contribution in [0.25, 0.3) is 0 Å². The van der Waals surface area contributed by atoms with Gasteiger partial charge < -0.3 is 25.7 Å². The number of hydrogen-bond acceptors (Lipinski definition) is 5. The summed E-state index contributed by atoms with van der Waals surface area (Å²) in [6.45, 7) is 2.72. The number of nitrogens with two attached hydrogens (primary N) is 1. The summed E-state index contributed by atoms with van der Waals surface area (Å²) < 4.78 is 5.32. The molecule has 27 heavy (non-hydrogen) atoms. The summed E-state index contributed by atoms with van der Waals surface area (Å²) in [5.74, 6) is 2.24. The summed E-state index contributed by atoms with van der Waals surface area (Å²) in [5.41, 5.74) is 6.51. The zero-order chi connectivity index (χ0) is 19.1. The fourth-order valence-corrected chi connectivity index (χ4v) is 3.21. The van der Waals surface area contributed by atoms with Crippen LogP contribution in [0.15, 0.2) is 46.1 Å². The Hall–Kier alpha value is -3.03. The van der Waals surface area contributed by atoms with Crippen LogP contribution in [0.5, 0.6) is 0 Å². The number of anilines is 1. The van der Waals surface area contributed by atoms with Gasteiger partial charge in [-0.15, -0.1) is 0 Å². The van der Waals surface area contributed by atoms with E-state index in [4.69, 9.17) is 10.2 Å². The van der Waals surface area contributed by atoms with E-state index in [9.17, 15) is 4.79 Å². The maximum Gasteiger partial charge on any atom is 0.220 e. The Morgan fingerprint density at radius 3 is 2.74 bits per heavy atom. The van der Waals surface area contributed by atoms with Crippen LogP contribution in [0.4, 0.5) is 5.82 Å². The first kappa shape index (κ1) is 18.8. The molecule has 4 N–H and O–H groups in total. The third kappa shape index (κ3) is 4.99. The second-order valence-electron chi connectivity index (χ2n) is 6.51. The number of aromatic nitrogens is 1. The molecule has 0 saturated carbocycles. The summed E-state index contributed by atoms with van der Waals surface area (Å²) >= 11 is 0. The first-order chi connectivity index (χ1) is 13.2. The summed E-state index contributed by atoms with van der Waals surface area (Å²) in [5, 5.41) is 6.53. The molecule has 3 heterocycles. The first-order valence-corrected chi connectivity index (χ1v) is 9.12. The molecule has 1 saturated heterocycles. The molecule has 0 atom stereocenters. The van der Waals surface area contributed by atoms with Crippen LogP contribution in [0, 0.1) is 5.92 Å². The van der Waals surface area contributed by atoms with Gasteiger partial charge in [-0.1, -0.05) is 6.07 Å². The van der Waals surface area contributed by atoms with Crippen LogP contribution in [0.3, 0.4) is 0 Å². The highest BCUT2D eigenvalue weighted by Gasteiger charge is 2.24. The first-order valence-electron chi connectivity index (χ1n) is 9.12. The molecule has 0 aliphatic carbocycles. The van der Waals surface area contributed by atoms with Crippen molar-refractivity contribution in [1.29, 1.82) is 0 Å². The number of primary amides is 1. The molecule has 8 nitrogen and oxygen atoms in total. The molecule has 1 amide bonds. The highest BCUT2D eigenvalue weighted by molar-refractivity contribution is 5.79. The van der Waals surface area contributed by atoms with Gasteiger partial charge in [0.1, 0.15) is 11.6 Å². The van der Waals surface area contributed by atoms with E-state index in [1.165, 1.54) is 0 Å². The number of nitrogens with one attached hydrogen (secondary N) is 2. The molecule has 3 rings (SSSR count). The number of rotatable bonds is 6. The number of carbonyl (C=O) groups is 1. The van der Waals surface area contributed by atoms with Crippen molar-refractivity contribution in [2.24, 2.45) is 16.6 Å². The molecule has 8 heteroatoms. The standard InChI is InChI=1S/C19H26N6O2/c1-21-19(24-13-16-5-3-11-27-16)23-12-15-4-2-8-22-18(15)25-9-6-14(7-10-25)17(20)26/h2-5,8,11,14H,6-7,9-10,12-13H2,1H3,(H2,20,26)(H2,21,23,24). The van der Waals surface area contributed by atoms with E-state index in [0.29, 0.717) is 19.0 Å². The molecule has 0 spiro atoms. The monoisotopic (exact) mass is 370 g/mol. The number of guanidine groups is 1. The van der Waals surface area contributed by atoms with Gasteiger partial charge in [0.05, 0.1) is 12.8 Å². The lowest BCUT2D eigenvalue weighted by Gasteiger charge is -2.32. The van der Waals surface area contributed by atoms with E-state index < -0.39 is 0 Å². The lowest BCUT2D eigenvalue weighted by atomic mass is 9.96. The Bertz CT molecular complexity index is 766. The molecule has 2 aromatic rings. The minimum absolute atomic E-state index is 0.0313. The van der Waals surface area contributed by atoms with Crippen LogP contribution < -0.4 is 21.3 Å². The number of pyridine rings is 1. The van der Waals surface area contributed by atoms with E-state index in [1.54, 1.807) is 19.5 Å². The Labute approximate surface area is 158 Å². The average Bonchev–Trinajstić information content (AvgIpc) is 3.22. The second kappa shape index (κ2) is 9.07. The summed E-state index contributed by atoms with van der Waals surface area (Å²) in [4.78, 5) is 22.4. The van der Waals surface area contributed by atoms with Crippen molar-refractivity contribution in [1.82, 2.24) is 15.6 Å². The molecule has 1 fully saturated rings. The van der Waals surface area contributed by atoms with E-state index in [0.717, 1.165) is 43.1 Å². The zero-order valence-electron chi connectivity index (χ0n) is 15.5. The van der Waals surface area contributed by atoms with Gasteiger partial charge in [-0.25, -0.2) is 4.98 Å². The third-order valence-corrected chi connectivity index (χ3v) is 4.74. The smallest absolute Gasteiger partial charge is 0.220 e. The SMILES string of the molecule is CN=C(NCc1ccco1)NCc1cccnc1N1CCC(C(N)=O)CC1. The molecule has 0 radical (unpaired) electrons. The maximum atomic E-state index is 11.4. The number of carbonyl (C=O) groups excluding carboxylic acids is 1. The van der Waals surface area contributed by atoms with E-state index >= 15 is 0 Å². The Balaban J connectivity index is 1.58. The lowest BCUT2D eigenvalue weighted by molar-refractivity contribution is -0.122. The number of hydrogen-bond donors (Lipinski definition) is 3. The van der Waals surface area contributed by atoms with Crippen LogP contribution in [0.2, 0.25) is 0 Å². The van der Waals surface area contributed by atoms with Crippen LogP contribution in [-0.4, -0.2) is 37.0 Å². The molecule has 1 aliphatic heterocycles. The average molecular weight is 370 g/mol. The predicted octanol–water partition coefficient (Wildman–Crippen LogP) is 1.24. The third-order valence-electron chi connectivity index (χ3n) is 4.74. The number of amides is 1. The Kier molecular flexibility index (Phi) is 6.30. The quantitative estimate of drug-likeness (QED) is 0.521. The van der Waals surface area contributed by atoms with Gasteiger partial charge in [0.15, 0.2) is 5.96 Å². The Morgan fingerprint density at radius 2 is 2.07 bits per heavy atom. The molecule has 0 aromatic carbocycles. The molecular formula is C19H26N6O2. The molecule has 1 aliphatic rings. The molecule has 2 aromatic heterocycles. The number of aliphatic imine (C=N–C) groups is 1. The fourth-order valence-electron chi connectivity index (χ4n) is 3.21. The van der Waals surface area contributed by atoms with Gasteiger partial charge in [-0.2, -0.15) is 0 Å². The molecular weight excluding hydrogens is 344 g/mol. The van der Waals surface area contributed by atoms with Gasteiger partial charge in [-0.3, -0.25) is 9.79 Å². The van der Waals surface area contributed by atoms with Gasteiger partial charge >= 0.3 is 0 Å². The van der Waals surface area contributed by atoms with E-state index in [-0.39, 0.29) is 11.8 Å².